The van der Waals surface area contributed by atoms with Crippen LogP contribution in [0.15, 0.2) is 29.4 Å². The molecule has 0 saturated heterocycles. The van der Waals surface area contributed by atoms with Crippen molar-refractivity contribution >= 4 is 28.9 Å². The van der Waals surface area contributed by atoms with E-state index in [4.69, 9.17) is 11.6 Å². The third-order valence-corrected chi connectivity index (χ3v) is 3.73. The smallest absolute Gasteiger partial charge is 0.259 e. The fourth-order valence-electron chi connectivity index (χ4n) is 2.32. The first-order valence-corrected chi connectivity index (χ1v) is 7.35. The van der Waals surface area contributed by atoms with E-state index in [-0.39, 0.29) is 12.5 Å². The Bertz CT molecular complexity index is 502. The van der Waals surface area contributed by atoms with Gasteiger partial charge in [-0.05, 0) is 43.7 Å². The van der Waals surface area contributed by atoms with E-state index in [0.29, 0.717) is 10.9 Å². The largest absolute Gasteiger partial charge is 0.375 e. The number of benzene rings is 1. The second kappa shape index (κ2) is 7.29. The minimum atomic E-state index is -0.157. The van der Waals surface area contributed by atoms with Crippen LogP contribution < -0.4 is 10.7 Å². The van der Waals surface area contributed by atoms with Crippen LogP contribution in [0.25, 0.3) is 0 Å². The van der Waals surface area contributed by atoms with E-state index in [1.54, 1.807) is 6.07 Å². The van der Waals surface area contributed by atoms with E-state index < -0.39 is 0 Å². The number of amides is 1. The summed E-state index contributed by atoms with van der Waals surface area (Å²) in [6.07, 6.45) is 4.38. The van der Waals surface area contributed by atoms with Gasteiger partial charge in [-0.25, -0.2) is 5.43 Å². The molecule has 2 rings (SSSR count). The van der Waals surface area contributed by atoms with E-state index >= 15 is 0 Å². The third-order valence-electron chi connectivity index (χ3n) is 3.40. The Morgan fingerprint density at radius 1 is 1.45 bits per heavy atom. The van der Waals surface area contributed by atoms with Gasteiger partial charge in [0.05, 0.1) is 17.3 Å². The standard InChI is InChI=1S/C15H20ClN3O/c1-11-5-4-6-12(9-11)18-19-15(20)10-17-14-8-3-2-7-13(14)16/h2-3,7-8,11,17H,4-6,9-10H2,1H3,(H,19,20)/t11-/m0/s1. The monoisotopic (exact) mass is 293 g/mol. The van der Waals surface area contributed by atoms with Crippen molar-refractivity contribution in [2.24, 2.45) is 11.0 Å². The summed E-state index contributed by atoms with van der Waals surface area (Å²) < 4.78 is 0. The molecule has 0 unspecified atom stereocenters. The number of nitrogens with zero attached hydrogens (tertiary/aromatic N) is 1. The number of rotatable bonds is 4. The highest BCUT2D eigenvalue weighted by Gasteiger charge is 2.14. The lowest BCUT2D eigenvalue weighted by Gasteiger charge is -2.19. The molecule has 0 aliphatic heterocycles. The fraction of sp³-hybridized carbons (Fsp3) is 0.467. The first kappa shape index (κ1) is 14.9. The zero-order chi connectivity index (χ0) is 14.4. The van der Waals surface area contributed by atoms with Crippen LogP contribution in [0.5, 0.6) is 0 Å². The van der Waals surface area contributed by atoms with Crippen molar-refractivity contribution in [3.05, 3.63) is 29.3 Å². The lowest BCUT2D eigenvalue weighted by Crippen LogP contribution is -2.28. The number of anilines is 1. The second-order valence-corrected chi connectivity index (χ2v) is 5.66. The molecule has 0 heterocycles. The van der Waals surface area contributed by atoms with Crippen LogP contribution in [-0.2, 0) is 4.79 Å². The van der Waals surface area contributed by atoms with Gasteiger partial charge in [-0.2, -0.15) is 5.10 Å². The number of hydrogen-bond donors (Lipinski definition) is 2. The van der Waals surface area contributed by atoms with Gasteiger partial charge in [0.1, 0.15) is 0 Å². The molecular formula is C15H20ClN3O. The van der Waals surface area contributed by atoms with Gasteiger partial charge in [0.2, 0.25) is 0 Å². The summed E-state index contributed by atoms with van der Waals surface area (Å²) in [6.45, 7) is 2.38. The minimum Gasteiger partial charge on any atom is -0.375 e. The number of hydrazone groups is 1. The highest BCUT2D eigenvalue weighted by molar-refractivity contribution is 6.33. The number of carbonyl (C=O) groups is 1. The molecular weight excluding hydrogens is 274 g/mol. The van der Waals surface area contributed by atoms with Crippen molar-refractivity contribution in [3.63, 3.8) is 0 Å². The molecule has 0 spiro atoms. The summed E-state index contributed by atoms with van der Waals surface area (Å²) >= 11 is 6.00. The Labute approximate surface area is 124 Å². The molecule has 1 aromatic rings. The Hall–Kier alpha value is -1.55. The van der Waals surface area contributed by atoms with Crippen LogP contribution >= 0.6 is 11.6 Å². The average Bonchev–Trinajstić information content (AvgIpc) is 2.44. The lowest BCUT2D eigenvalue weighted by atomic mass is 9.89. The molecule has 1 aliphatic rings. The minimum absolute atomic E-state index is 0.157. The van der Waals surface area contributed by atoms with Gasteiger partial charge in [-0.1, -0.05) is 30.7 Å². The van der Waals surface area contributed by atoms with Gasteiger partial charge in [0.15, 0.2) is 0 Å². The van der Waals surface area contributed by atoms with E-state index in [9.17, 15) is 4.79 Å². The predicted octanol–water partition coefficient (Wildman–Crippen LogP) is 3.43. The molecule has 108 valence electrons. The number of hydrogen-bond acceptors (Lipinski definition) is 3. The number of nitrogens with one attached hydrogen (secondary N) is 2. The van der Waals surface area contributed by atoms with E-state index in [2.05, 4.69) is 22.8 Å². The Kier molecular flexibility index (Phi) is 5.41. The molecule has 1 fully saturated rings. The summed E-state index contributed by atoms with van der Waals surface area (Å²) in [6, 6.07) is 7.34. The summed E-state index contributed by atoms with van der Waals surface area (Å²) in [4.78, 5) is 11.7. The number of para-hydroxylation sites is 1. The van der Waals surface area contributed by atoms with Crippen LogP contribution in [0.3, 0.4) is 0 Å². The molecule has 1 aliphatic carbocycles. The molecule has 5 heteroatoms. The molecule has 0 bridgehead atoms. The third kappa shape index (κ3) is 4.53. The van der Waals surface area contributed by atoms with Crippen LogP contribution in [0.4, 0.5) is 5.69 Å². The predicted molar refractivity (Wildman–Crippen MR) is 83.2 cm³/mol. The first-order chi connectivity index (χ1) is 9.65. The van der Waals surface area contributed by atoms with Gasteiger partial charge < -0.3 is 5.32 Å². The fourth-order valence-corrected chi connectivity index (χ4v) is 2.53. The molecule has 1 amide bonds. The van der Waals surface area contributed by atoms with E-state index in [1.165, 1.54) is 6.42 Å². The summed E-state index contributed by atoms with van der Waals surface area (Å²) in [5.41, 5.74) is 4.45. The normalized spacial score (nSPS) is 20.7. The van der Waals surface area contributed by atoms with Crippen LogP contribution in [-0.4, -0.2) is 18.2 Å². The van der Waals surface area contributed by atoms with Crippen molar-refractivity contribution in [3.8, 4) is 0 Å². The molecule has 2 N–H and O–H groups in total. The highest BCUT2D eigenvalue weighted by Crippen LogP contribution is 2.21. The molecule has 20 heavy (non-hydrogen) atoms. The zero-order valence-electron chi connectivity index (χ0n) is 11.7. The maximum absolute atomic E-state index is 11.7. The maximum atomic E-state index is 11.7. The van der Waals surface area contributed by atoms with Gasteiger partial charge in [-0.15, -0.1) is 0 Å². The van der Waals surface area contributed by atoms with Gasteiger partial charge in [-0.3, -0.25) is 4.79 Å². The molecule has 4 nitrogen and oxygen atoms in total. The average molecular weight is 294 g/mol. The van der Waals surface area contributed by atoms with Gasteiger partial charge in [0.25, 0.3) is 5.91 Å². The SMILES string of the molecule is C[C@H]1CCCC(=NNC(=O)CNc2ccccc2Cl)C1. The van der Waals surface area contributed by atoms with Gasteiger partial charge >= 0.3 is 0 Å². The van der Waals surface area contributed by atoms with Crippen LogP contribution in [0.2, 0.25) is 5.02 Å². The quantitative estimate of drug-likeness (QED) is 0.836. The Morgan fingerprint density at radius 2 is 2.25 bits per heavy atom. The first-order valence-electron chi connectivity index (χ1n) is 6.98. The van der Waals surface area contributed by atoms with E-state index in [0.717, 1.165) is 30.7 Å². The van der Waals surface area contributed by atoms with Crippen molar-refractivity contribution < 1.29 is 4.79 Å². The van der Waals surface area contributed by atoms with Crippen molar-refractivity contribution in [2.75, 3.05) is 11.9 Å². The van der Waals surface area contributed by atoms with Crippen molar-refractivity contribution in [1.82, 2.24) is 5.43 Å². The summed E-state index contributed by atoms with van der Waals surface area (Å²) in [5.74, 6) is 0.510. The molecule has 0 radical (unpaired) electrons. The summed E-state index contributed by atoms with van der Waals surface area (Å²) in [7, 11) is 0. The highest BCUT2D eigenvalue weighted by atomic mass is 35.5. The topological polar surface area (TPSA) is 53.5 Å². The lowest BCUT2D eigenvalue weighted by molar-refractivity contribution is -0.119. The maximum Gasteiger partial charge on any atom is 0.259 e. The number of carbonyl (C=O) groups excluding carboxylic acids is 1. The molecule has 1 saturated carbocycles. The van der Waals surface area contributed by atoms with Gasteiger partial charge in [0, 0.05) is 5.71 Å². The second-order valence-electron chi connectivity index (χ2n) is 5.25. The summed E-state index contributed by atoms with van der Waals surface area (Å²) in [5, 5.41) is 7.81. The van der Waals surface area contributed by atoms with Crippen LogP contribution in [0.1, 0.15) is 32.6 Å². The Morgan fingerprint density at radius 3 is 3.00 bits per heavy atom. The van der Waals surface area contributed by atoms with Crippen LogP contribution in [0, 0.1) is 5.92 Å². The van der Waals surface area contributed by atoms with Crippen molar-refractivity contribution in [2.45, 2.75) is 32.6 Å². The molecule has 1 atom stereocenters. The molecule has 0 aromatic heterocycles. The zero-order valence-corrected chi connectivity index (χ0v) is 12.4. The molecule has 1 aromatic carbocycles. The van der Waals surface area contributed by atoms with Crippen molar-refractivity contribution in [1.29, 1.82) is 0 Å². The Balaban J connectivity index is 1.78. The van der Waals surface area contributed by atoms with E-state index in [1.807, 2.05) is 18.2 Å². The number of halogens is 1.